The maximum absolute atomic E-state index is 14.6. The van der Waals surface area contributed by atoms with Crippen molar-refractivity contribution in [1.29, 1.82) is 0 Å². The molecule has 1 aromatic heterocycles. The zero-order valence-corrected chi connectivity index (χ0v) is 16.8. The summed E-state index contributed by atoms with van der Waals surface area (Å²) in [5, 5.41) is 1.19. The third-order valence-corrected chi connectivity index (χ3v) is 4.79. The fourth-order valence-corrected chi connectivity index (χ4v) is 3.26. The van der Waals surface area contributed by atoms with E-state index in [1.54, 1.807) is 30.3 Å². The summed E-state index contributed by atoms with van der Waals surface area (Å²) < 4.78 is 25.4. The highest BCUT2D eigenvalue weighted by atomic mass is 35.5. The second-order valence-electron chi connectivity index (χ2n) is 6.61. The van der Waals surface area contributed by atoms with E-state index < -0.39 is 5.82 Å². The van der Waals surface area contributed by atoms with Gasteiger partial charge in [-0.05, 0) is 42.0 Å². The summed E-state index contributed by atoms with van der Waals surface area (Å²) in [5.41, 5.74) is 14.3. The zero-order valence-electron chi connectivity index (χ0n) is 16.0. The Balaban J connectivity index is 1.63. The van der Waals surface area contributed by atoms with Gasteiger partial charge in [-0.25, -0.2) is 14.4 Å². The Bertz CT molecular complexity index is 1250. The van der Waals surface area contributed by atoms with Crippen LogP contribution in [0.4, 0.5) is 15.9 Å². The molecule has 8 heteroatoms. The van der Waals surface area contributed by atoms with Gasteiger partial charge in [-0.3, -0.25) is 0 Å². The van der Waals surface area contributed by atoms with E-state index in [4.69, 9.17) is 32.5 Å². The first-order chi connectivity index (χ1) is 14.4. The highest BCUT2D eigenvalue weighted by Gasteiger charge is 2.13. The number of hydrogen-bond acceptors (Lipinski definition) is 6. The van der Waals surface area contributed by atoms with Gasteiger partial charge in [-0.15, -0.1) is 0 Å². The third-order valence-electron chi connectivity index (χ3n) is 4.55. The van der Waals surface area contributed by atoms with Gasteiger partial charge in [0.25, 0.3) is 0 Å². The largest absolute Gasteiger partial charge is 0.495 e. The van der Waals surface area contributed by atoms with E-state index in [9.17, 15) is 4.39 Å². The van der Waals surface area contributed by atoms with Crippen LogP contribution in [0.25, 0.3) is 22.3 Å². The van der Waals surface area contributed by atoms with Crippen molar-refractivity contribution in [2.75, 3.05) is 18.6 Å². The van der Waals surface area contributed by atoms with Crippen molar-refractivity contribution in [2.24, 2.45) is 0 Å². The van der Waals surface area contributed by atoms with Crippen LogP contribution in [0.2, 0.25) is 5.02 Å². The molecule has 30 heavy (non-hydrogen) atoms. The van der Waals surface area contributed by atoms with Crippen molar-refractivity contribution >= 4 is 34.0 Å². The number of nitrogen functional groups attached to an aromatic ring is 2. The fourth-order valence-electron chi connectivity index (χ4n) is 3.05. The van der Waals surface area contributed by atoms with Crippen molar-refractivity contribution in [1.82, 2.24) is 9.97 Å². The number of ether oxygens (including phenoxy) is 2. The van der Waals surface area contributed by atoms with Gasteiger partial charge in [0.15, 0.2) is 17.4 Å². The number of fused-ring (bicyclic) bond motifs is 1. The molecular weight excluding hydrogens is 407 g/mol. The lowest BCUT2D eigenvalue weighted by Crippen LogP contribution is -2.01. The van der Waals surface area contributed by atoms with E-state index in [-0.39, 0.29) is 24.0 Å². The average Bonchev–Trinajstić information content (AvgIpc) is 2.73. The van der Waals surface area contributed by atoms with Crippen LogP contribution in [0.1, 0.15) is 5.56 Å². The highest BCUT2D eigenvalue weighted by molar-refractivity contribution is 6.30. The maximum Gasteiger partial charge on any atom is 0.165 e. The van der Waals surface area contributed by atoms with Crippen LogP contribution in [0, 0.1) is 5.82 Å². The SMILES string of the molecule is COc1cc2nc(-c3ccc(OCc4cccc(Cl)c4)c(F)c3)nc(N)c2cc1N. The van der Waals surface area contributed by atoms with E-state index in [2.05, 4.69) is 9.97 Å². The number of nitrogens with two attached hydrogens (primary N) is 2. The molecule has 1 heterocycles. The molecule has 0 amide bonds. The molecule has 0 fully saturated rings. The number of benzene rings is 3. The number of hydrogen-bond donors (Lipinski definition) is 2. The van der Waals surface area contributed by atoms with Crippen LogP contribution < -0.4 is 20.9 Å². The summed E-state index contributed by atoms with van der Waals surface area (Å²) in [6, 6.07) is 15.0. The van der Waals surface area contributed by atoms with E-state index in [1.807, 2.05) is 12.1 Å². The molecule has 0 unspecified atom stereocenters. The number of methoxy groups -OCH3 is 1. The molecule has 0 radical (unpaired) electrons. The maximum atomic E-state index is 14.6. The Morgan fingerprint density at radius 2 is 1.83 bits per heavy atom. The summed E-state index contributed by atoms with van der Waals surface area (Å²) in [5.74, 6) is 0.578. The summed E-state index contributed by atoms with van der Waals surface area (Å²) in [7, 11) is 1.51. The molecule has 0 aliphatic rings. The molecule has 152 valence electrons. The standard InChI is InChI=1S/C22H18ClFN4O2/c1-29-20-10-18-15(9-17(20)25)21(26)28-22(27-18)13-5-6-19(16(24)8-13)30-11-12-3-2-4-14(23)7-12/h2-10H,11,25H2,1H3,(H2,26,27,28). The predicted octanol–water partition coefficient (Wildman–Crippen LogP) is 4.84. The Morgan fingerprint density at radius 1 is 1.00 bits per heavy atom. The van der Waals surface area contributed by atoms with Crippen LogP contribution in [-0.2, 0) is 6.61 Å². The van der Waals surface area contributed by atoms with Crippen LogP contribution in [0.15, 0.2) is 54.6 Å². The van der Waals surface area contributed by atoms with Crippen LogP contribution >= 0.6 is 11.6 Å². The number of anilines is 2. The summed E-state index contributed by atoms with van der Waals surface area (Å²) >= 11 is 5.96. The number of aromatic nitrogens is 2. The highest BCUT2D eigenvalue weighted by Crippen LogP contribution is 2.32. The summed E-state index contributed by atoms with van der Waals surface area (Å²) in [6.45, 7) is 0.192. The van der Waals surface area contributed by atoms with Gasteiger partial charge in [-0.2, -0.15) is 0 Å². The van der Waals surface area contributed by atoms with Gasteiger partial charge >= 0.3 is 0 Å². The lowest BCUT2D eigenvalue weighted by molar-refractivity contribution is 0.290. The molecule has 0 saturated heterocycles. The Hall–Kier alpha value is -3.58. The topological polar surface area (TPSA) is 96.3 Å². The molecule has 0 aliphatic carbocycles. The molecule has 4 N–H and O–H groups in total. The first-order valence-corrected chi connectivity index (χ1v) is 9.40. The van der Waals surface area contributed by atoms with Crippen molar-refractivity contribution in [2.45, 2.75) is 6.61 Å². The molecule has 0 aliphatic heterocycles. The first kappa shape index (κ1) is 19.7. The van der Waals surface area contributed by atoms with Gasteiger partial charge in [0.1, 0.15) is 18.2 Å². The van der Waals surface area contributed by atoms with Gasteiger partial charge in [0.05, 0.1) is 18.3 Å². The normalized spacial score (nSPS) is 10.9. The molecule has 4 rings (SSSR count). The zero-order chi connectivity index (χ0) is 21.3. The monoisotopic (exact) mass is 424 g/mol. The number of nitrogens with zero attached hydrogens (tertiary/aromatic N) is 2. The van der Waals surface area contributed by atoms with Gasteiger partial charge in [0, 0.05) is 22.0 Å². The molecule has 0 atom stereocenters. The van der Waals surface area contributed by atoms with E-state index in [1.165, 1.54) is 19.2 Å². The molecule has 0 spiro atoms. The van der Waals surface area contributed by atoms with Crippen LogP contribution in [0.5, 0.6) is 11.5 Å². The van der Waals surface area contributed by atoms with Crippen molar-refractivity contribution in [3.63, 3.8) is 0 Å². The van der Waals surface area contributed by atoms with Crippen LogP contribution in [0.3, 0.4) is 0 Å². The molecule has 0 bridgehead atoms. The number of halogens is 2. The molecule has 3 aromatic carbocycles. The fraction of sp³-hybridized carbons (Fsp3) is 0.0909. The quantitative estimate of drug-likeness (QED) is 0.445. The predicted molar refractivity (Wildman–Crippen MR) is 116 cm³/mol. The lowest BCUT2D eigenvalue weighted by Gasteiger charge is -2.11. The smallest absolute Gasteiger partial charge is 0.165 e. The summed E-state index contributed by atoms with van der Waals surface area (Å²) in [6.07, 6.45) is 0. The van der Waals surface area contributed by atoms with Crippen LogP contribution in [-0.4, -0.2) is 17.1 Å². The minimum absolute atomic E-state index is 0.113. The Labute approximate surface area is 177 Å². The molecule has 6 nitrogen and oxygen atoms in total. The minimum atomic E-state index is -0.535. The summed E-state index contributed by atoms with van der Waals surface area (Å²) in [4.78, 5) is 8.77. The van der Waals surface area contributed by atoms with Gasteiger partial charge in [0.2, 0.25) is 0 Å². The van der Waals surface area contributed by atoms with Gasteiger partial charge in [-0.1, -0.05) is 23.7 Å². The van der Waals surface area contributed by atoms with Crippen molar-refractivity contribution < 1.29 is 13.9 Å². The number of rotatable bonds is 5. The Kier molecular flexibility index (Phi) is 5.29. The second kappa shape index (κ2) is 8.04. The van der Waals surface area contributed by atoms with E-state index >= 15 is 0 Å². The Morgan fingerprint density at radius 3 is 2.57 bits per heavy atom. The molecule has 0 saturated carbocycles. The lowest BCUT2D eigenvalue weighted by atomic mass is 10.1. The minimum Gasteiger partial charge on any atom is -0.495 e. The van der Waals surface area contributed by atoms with Gasteiger partial charge < -0.3 is 20.9 Å². The second-order valence-corrected chi connectivity index (χ2v) is 7.04. The molecular formula is C22H18ClFN4O2. The first-order valence-electron chi connectivity index (χ1n) is 9.02. The van der Waals surface area contributed by atoms with E-state index in [0.717, 1.165) is 5.56 Å². The van der Waals surface area contributed by atoms with Crippen molar-refractivity contribution in [3.8, 4) is 22.9 Å². The third kappa shape index (κ3) is 3.92. The van der Waals surface area contributed by atoms with Crippen molar-refractivity contribution in [3.05, 3.63) is 71.0 Å². The van der Waals surface area contributed by atoms with E-state index in [0.29, 0.717) is 32.9 Å². The molecule has 4 aromatic rings. The average molecular weight is 425 g/mol.